The van der Waals surface area contributed by atoms with Crippen LogP contribution >= 0.6 is 0 Å². The summed E-state index contributed by atoms with van der Waals surface area (Å²) in [6.07, 6.45) is 9.07. The zero-order valence-electron chi connectivity index (χ0n) is 9.17. The van der Waals surface area contributed by atoms with Crippen molar-refractivity contribution in [3.8, 4) is 0 Å². The van der Waals surface area contributed by atoms with E-state index >= 15 is 0 Å². The monoisotopic (exact) mass is 198 g/mol. The van der Waals surface area contributed by atoms with Crippen LogP contribution in [0.2, 0.25) is 0 Å². The summed E-state index contributed by atoms with van der Waals surface area (Å²) in [7, 11) is 0. The standard InChI is InChI=1S/C12H22O2/c1-2-5-10(8-9-12(13)14)11-6-3-4-7-11/h10-11H,2-9H2,1H3,(H,13,14). The van der Waals surface area contributed by atoms with Gasteiger partial charge in [-0.15, -0.1) is 0 Å². The number of hydrogen-bond acceptors (Lipinski definition) is 1. The molecule has 0 aromatic carbocycles. The predicted molar refractivity (Wildman–Crippen MR) is 57.2 cm³/mol. The van der Waals surface area contributed by atoms with Crippen LogP contribution in [0.1, 0.15) is 58.3 Å². The molecule has 1 saturated carbocycles. The number of rotatable bonds is 6. The Kier molecular flexibility index (Phi) is 4.99. The highest BCUT2D eigenvalue weighted by Crippen LogP contribution is 2.36. The summed E-state index contributed by atoms with van der Waals surface area (Å²) in [6, 6.07) is 0. The molecule has 0 radical (unpaired) electrons. The maximum atomic E-state index is 10.5. The van der Waals surface area contributed by atoms with Crippen LogP contribution in [0.25, 0.3) is 0 Å². The molecule has 0 spiro atoms. The molecule has 1 fully saturated rings. The Balaban J connectivity index is 2.33. The number of aliphatic carboxylic acids is 1. The van der Waals surface area contributed by atoms with E-state index in [1.807, 2.05) is 0 Å². The fourth-order valence-electron chi connectivity index (χ4n) is 2.72. The average Bonchev–Trinajstić information content (AvgIpc) is 2.64. The van der Waals surface area contributed by atoms with Gasteiger partial charge in [-0.1, -0.05) is 45.4 Å². The molecule has 1 aliphatic rings. The molecule has 0 amide bonds. The highest BCUT2D eigenvalue weighted by Gasteiger charge is 2.24. The highest BCUT2D eigenvalue weighted by molar-refractivity contribution is 5.66. The van der Waals surface area contributed by atoms with E-state index in [0.29, 0.717) is 12.3 Å². The largest absolute Gasteiger partial charge is 0.481 e. The third-order valence-corrected chi connectivity index (χ3v) is 3.45. The molecule has 0 aromatic rings. The quantitative estimate of drug-likeness (QED) is 0.709. The molecule has 1 rings (SSSR count). The Bertz CT molecular complexity index is 171. The maximum absolute atomic E-state index is 10.5. The first-order valence-corrected chi connectivity index (χ1v) is 5.95. The molecule has 0 heterocycles. The second kappa shape index (κ2) is 6.05. The van der Waals surface area contributed by atoms with Crippen LogP contribution in [0, 0.1) is 11.8 Å². The number of carbonyl (C=O) groups is 1. The smallest absolute Gasteiger partial charge is 0.303 e. The van der Waals surface area contributed by atoms with Gasteiger partial charge in [0.1, 0.15) is 0 Å². The third-order valence-electron chi connectivity index (χ3n) is 3.45. The molecular weight excluding hydrogens is 176 g/mol. The topological polar surface area (TPSA) is 37.3 Å². The first-order chi connectivity index (χ1) is 6.74. The van der Waals surface area contributed by atoms with Crippen LogP contribution in [-0.2, 0) is 4.79 Å². The lowest BCUT2D eigenvalue weighted by molar-refractivity contribution is -0.137. The summed E-state index contributed by atoms with van der Waals surface area (Å²) in [4.78, 5) is 10.5. The van der Waals surface area contributed by atoms with E-state index in [0.717, 1.165) is 12.3 Å². The molecular formula is C12H22O2. The molecule has 82 valence electrons. The highest BCUT2D eigenvalue weighted by atomic mass is 16.4. The second-order valence-corrected chi connectivity index (χ2v) is 4.53. The average molecular weight is 198 g/mol. The Morgan fingerprint density at radius 3 is 2.50 bits per heavy atom. The van der Waals surface area contributed by atoms with E-state index in [-0.39, 0.29) is 0 Å². The van der Waals surface area contributed by atoms with Crippen molar-refractivity contribution < 1.29 is 9.90 Å². The lowest BCUT2D eigenvalue weighted by Crippen LogP contribution is -2.13. The van der Waals surface area contributed by atoms with Gasteiger partial charge in [0, 0.05) is 6.42 Å². The summed E-state index contributed by atoms with van der Waals surface area (Å²) < 4.78 is 0. The fourth-order valence-corrected chi connectivity index (χ4v) is 2.72. The number of carboxylic acid groups (broad SMARTS) is 1. The zero-order valence-corrected chi connectivity index (χ0v) is 9.17. The molecule has 1 N–H and O–H groups in total. The first kappa shape index (κ1) is 11.5. The van der Waals surface area contributed by atoms with E-state index in [1.165, 1.54) is 38.5 Å². The Labute approximate surface area is 86.7 Å². The number of carboxylic acids is 1. The summed E-state index contributed by atoms with van der Waals surface area (Å²) in [6.45, 7) is 2.20. The fraction of sp³-hybridized carbons (Fsp3) is 0.917. The minimum absolute atomic E-state index is 0.362. The Morgan fingerprint density at radius 2 is 2.00 bits per heavy atom. The predicted octanol–water partition coefficient (Wildman–Crippen LogP) is 3.46. The van der Waals surface area contributed by atoms with Crippen molar-refractivity contribution in [2.45, 2.75) is 58.3 Å². The second-order valence-electron chi connectivity index (χ2n) is 4.53. The van der Waals surface area contributed by atoms with Crippen LogP contribution in [0.5, 0.6) is 0 Å². The van der Waals surface area contributed by atoms with Gasteiger partial charge in [-0.3, -0.25) is 4.79 Å². The molecule has 2 heteroatoms. The molecule has 1 aliphatic carbocycles. The van der Waals surface area contributed by atoms with Gasteiger partial charge in [-0.05, 0) is 18.3 Å². The van der Waals surface area contributed by atoms with E-state index in [2.05, 4.69) is 6.92 Å². The Morgan fingerprint density at radius 1 is 1.36 bits per heavy atom. The van der Waals surface area contributed by atoms with Crippen molar-refractivity contribution in [1.29, 1.82) is 0 Å². The van der Waals surface area contributed by atoms with Crippen LogP contribution in [0.15, 0.2) is 0 Å². The van der Waals surface area contributed by atoms with E-state index in [9.17, 15) is 4.79 Å². The first-order valence-electron chi connectivity index (χ1n) is 5.95. The minimum Gasteiger partial charge on any atom is -0.481 e. The van der Waals surface area contributed by atoms with Crippen molar-refractivity contribution in [3.63, 3.8) is 0 Å². The van der Waals surface area contributed by atoms with Gasteiger partial charge >= 0.3 is 5.97 Å². The van der Waals surface area contributed by atoms with Crippen molar-refractivity contribution in [2.24, 2.45) is 11.8 Å². The lowest BCUT2D eigenvalue weighted by atomic mass is 9.84. The van der Waals surface area contributed by atoms with Gasteiger partial charge in [0.05, 0.1) is 0 Å². The van der Waals surface area contributed by atoms with Gasteiger partial charge in [-0.25, -0.2) is 0 Å². The van der Waals surface area contributed by atoms with Gasteiger partial charge in [0.15, 0.2) is 0 Å². The summed E-state index contributed by atoms with van der Waals surface area (Å²) in [5, 5.41) is 8.67. The maximum Gasteiger partial charge on any atom is 0.303 e. The van der Waals surface area contributed by atoms with E-state index in [1.54, 1.807) is 0 Å². The summed E-state index contributed by atoms with van der Waals surface area (Å²) in [5.74, 6) is 0.872. The van der Waals surface area contributed by atoms with Crippen LogP contribution in [-0.4, -0.2) is 11.1 Å². The molecule has 2 nitrogen and oxygen atoms in total. The molecule has 14 heavy (non-hydrogen) atoms. The molecule has 0 aromatic heterocycles. The van der Waals surface area contributed by atoms with Crippen LogP contribution in [0.3, 0.4) is 0 Å². The molecule has 0 saturated heterocycles. The van der Waals surface area contributed by atoms with Gasteiger partial charge in [0.2, 0.25) is 0 Å². The molecule has 0 bridgehead atoms. The van der Waals surface area contributed by atoms with Crippen molar-refractivity contribution in [1.82, 2.24) is 0 Å². The SMILES string of the molecule is CCCC(CCC(=O)O)C1CCCC1. The summed E-state index contributed by atoms with van der Waals surface area (Å²) >= 11 is 0. The zero-order chi connectivity index (χ0) is 10.4. The van der Waals surface area contributed by atoms with Crippen molar-refractivity contribution in [2.75, 3.05) is 0 Å². The normalized spacial score (nSPS) is 19.8. The van der Waals surface area contributed by atoms with Gasteiger partial charge in [0.25, 0.3) is 0 Å². The molecule has 0 aliphatic heterocycles. The van der Waals surface area contributed by atoms with E-state index in [4.69, 9.17) is 5.11 Å². The summed E-state index contributed by atoms with van der Waals surface area (Å²) in [5.41, 5.74) is 0. The van der Waals surface area contributed by atoms with Gasteiger partial charge in [-0.2, -0.15) is 0 Å². The minimum atomic E-state index is -0.635. The van der Waals surface area contributed by atoms with Gasteiger partial charge < -0.3 is 5.11 Å². The molecule has 1 unspecified atom stereocenters. The Hall–Kier alpha value is -0.530. The van der Waals surface area contributed by atoms with E-state index < -0.39 is 5.97 Å². The number of hydrogen-bond donors (Lipinski definition) is 1. The van der Waals surface area contributed by atoms with Crippen molar-refractivity contribution in [3.05, 3.63) is 0 Å². The van der Waals surface area contributed by atoms with Crippen molar-refractivity contribution >= 4 is 5.97 Å². The van der Waals surface area contributed by atoms with Crippen LogP contribution in [0.4, 0.5) is 0 Å². The molecule has 1 atom stereocenters. The van der Waals surface area contributed by atoms with Crippen LogP contribution < -0.4 is 0 Å². The lowest BCUT2D eigenvalue weighted by Gasteiger charge is -2.22. The third kappa shape index (κ3) is 3.69.